The molecule has 1 aliphatic heterocycles. The molecule has 0 bridgehead atoms. The summed E-state index contributed by atoms with van der Waals surface area (Å²) in [5.74, 6) is 0.0321. The first-order valence-corrected chi connectivity index (χ1v) is 11.3. The van der Waals surface area contributed by atoms with Gasteiger partial charge in [0.05, 0.1) is 6.26 Å². The molecular formula is C19H32N4O3S. The Labute approximate surface area is 163 Å². The van der Waals surface area contributed by atoms with Crippen molar-refractivity contribution < 1.29 is 13.2 Å². The van der Waals surface area contributed by atoms with Gasteiger partial charge in [0.1, 0.15) is 0 Å². The van der Waals surface area contributed by atoms with Gasteiger partial charge in [-0.15, -0.1) is 0 Å². The van der Waals surface area contributed by atoms with E-state index < -0.39 is 10.0 Å². The summed E-state index contributed by atoms with van der Waals surface area (Å²) < 4.78 is 25.0. The first-order valence-electron chi connectivity index (χ1n) is 9.43. The highest BCUT2D eigenvalue weighted by molar-refractivity contribution is 7.88. The van der Waals surface area contributed by atoms with Crippen LogP contribution in [0.15, 0.2) is 24.3 Å². The molecule has 0 aliphatic carbocycles. The zero-order chi connectivity index (χ0) is 20.0. The van der Waals surface area contributed by atoms with Crippen LogP contribution in [-0.4, -0.2) is 76.1 Å². The van der Waals surface area contributed by atoms with Crippen molar-refractivity contribution >= 4 is 27.3 Å². The van der Waals surface area contributed by atoms with Crippen LogP contribution in [0.25, 0.3) is 0 Å². The van der Waals surface area contributed by atoms with E-state index in [1.165, 1.54) is 10.6 Å². The molecular weight excluding hydrogens is 364 g/mol. The zero-order valence-corrected chi connectivity index (χ0v) is 17.6. The normalized spacial score (nSPS) is 16.1. The van der Waals surface area contributed by atoms with Crippen LogP contribution in [0.2, 0.25) is 0 Å². The van der Waals surface area contributed by atoms with Gasteiger partial charge in [-0.2, -0.15) is 0 Å². The summed E-state index contributed by atoms with van der Waals surface area (Å²) in [5.41, 5.74) is 1.88. The summed E-state index contributed by atoms with van der Waals surface area (Å²) in [5, 5.41) is 2.85. The quantitative estimate of drug-likeness (QED) is 0.724. The SMILES string of the molecule is CC(C)CN(CCC(=O)Nc1ccc(N2CCN(C)CC2)cc1)S(C)(=O)=O. The van der Waals surface area contributed by atoms with Crippen LogP contribution in [0.1, 0.15) is 20.3 Å². The minimum absolute atomic E-state index is 0.139. The first kappa shape index (κ1) is 21.7. The van der Waals surface area contributed by atoms with Crippen molar-refractivity contribution in [3.05, 3.63) is 24.3 Å². The van der Waals surface area contributed by atoms with E-state index in [2.05, 4.69) is 22.2 Å². The van der Waals surface area contributed by atoms with Crippen LogP contribution in [0, 0.1) is 5.92 Å². The van der Waals surface area contributed by atoms with E-state index in [1.54, 1.807) is 0 Å². The number of hydrogen-bond acceptors (Lipinski definition) is 5. The molecule has 8 heteroatoms. The van der Waals surface area contributed by atoms with E-state index in [9.17, 15) is 13.2 Å². The van der Waals surface area contributed by atoms with Crippen molar-refractivity contribution in [1.29, 1.82) is 0 Å². The predicted molar refractivity (Wildman–Crippen MR) is 111 cm³/mol. The molecule has 1 saturated heterocycles. The largest absolute Gasteiger partial charge is 0.369 e. The molecule has 0 saturated carbocycles. The van der Waals surface area contributed by atoms with Crippen molar-refractivity contribution in [1.82, 2.24) is 9.21 Å². The Bertz CT molecular complexity index is 711. The third-order valence-corrected chi connectivity index (χ3v) is 5.92. The Morgan fingerprint density at radius 1 is 1.15 bits per heavy atom. The van der Waals surface area contributed by atoms with E-state index in [4.69, 9.17) is 0 Å². The van der Waals surface area contributed by atoms with Crippen molar-refractivity contribution in [2.24, 2.45) is 5.92 Å². The summed E-state index contributed by atoms with van der Waals surface area (Å²) in [6.45, 7) is 8.63. The van der Waals surface area contributed by atoms with Gasteiger partial charge >= 0.3 is 0 Å². The standard InChI is InChI=1S/C19H32N4O3S/c1-16(2)15-23(27(4,25)26)10-9-19(24)20-17-5-7-18(8-6-17)22-13-11-21(3)12-14-22/h5-8,16H,9-15H2,1-4H3,(H,20,24). The highest BCUT2D eigenvalue weighted by atomic mass is 32.2. The average molecular weight is 397 g/mol. The second-order valence-electron chi connectivity index (χ2n) is 7.65. The van der Waals surface area contributed by atoms with Gasteiger partial charge in [0.2, 0.25) is 15.9 Å². The number of nitrogens with one attached hydrogen (secondary N) is 1. The third kappa shape index (κ3) is 7.12. The number of likely N-dealkylation sites (N-methyl/N-ethyl adjacent to an activating group) is 1. The first-order chi connectivity index (χ1) is 12.6. The summed E-state index contributed by atoms with van der Waals surface area (Å²) in [7, 11) is -1.18. The number of rotatable bonds is 8. The lowest BCUT2D eigenvalue weighted by molar-refractivity contribution is -0.116. The fourth-order valence-electron chi connectivity index (χ4n) is 3.07. The molecule has 0 radical (unpaired) electrons. The van der Waals surface area contributed by atoms with E-state index in [1.807, 2.05) is 38.1 Å². The van der Waals surface area contributed by atoms with E-state index in [0.717, 1.165) is 37.6 Å². The summed E-state index contributed by atoms with van der Waals surface area (Å²) in [6, 6.07) is 7.83. The van der Waals surface area contributed by atoms with Gasteiger partial charge in [-0.05, 0) is 37.2 Å². The van der Waals surface area contributed by atoms with Crippen LogP contribution in [-0.2, 0) is 14.8 Å². The number of hydrogen-bond donors (Lipinski definition) is 1. The highest BCUT2D eigenvalue weighted by Crippen LogP contribution is 2.19. The molecule has 1 aromatic rings. The molecule has 2 rings (SSSR count). The number of carbonyl (C=O) groups excluding carboxylic acids is 1. The van der Waals surface area contributed by atoms with Gasteiger partial charge in [0.15, 0.2) is 0 Å². The molecule has 7 nitrogen and oxygen atoms in total. The fraction of sp³-hybridized carbons (Fsp3) is 0.632. The average Bonchev–Trinajstić information content (AvgIpc) is 2.59. The topological polar surface area (TPSA) is 73.0 Å². The monoisotopic (exact) mass is 396 g/mol. The Hall–Kier alpha value is -1.64. The van der Waals surface area contributed by atoms with Gasteiger partial charge < -0.3 is 15.1 Å². The maximum Gasteiger partial charge on any atom is 0.225 e. The Balaban J connectivity index is 1.86. The molecule has 1 N–H and O–H groups in total. The van der Waals surface area contributed by atoms with Gasteiger partial charge in [0, 0.05) is 57.1 Å². The molecule has 152 valence electrons. The second kappa shape index (κ2) is 9.52. The van der Waals surface area contributed by atoms with Gasteiger partial charge in [-0.3, -0.25) is 4.79 Å². The molecule has 0 unspecified atom stereocenters. The Morgan fingerprint density at radius 2 is 1.74 bits per heavy atom. The Kier molecular flexibility index (Phi) is 7.64. The lowest BCUT2D eigenvalue weighted by Gasteiger charge is -2.34. The number of sulfonamides is 1. The van der Waals surface area contributed by atoms with Crippen molar-refractivity contribution in [2.75, 3.05) is 62.8 Å². The molecule has 1 amide bonds. The number of piperazine rings is 1. The fourth-order valence-corrected chi connectivity index (χ4v) is 4.06. The summed E-state index contributed by atoms with van der Waals surface area (Å²) in [4.78, 5) is 16.8. The smallest absolute Gasteiger partial charge is 0.225 e. The van der Waals surface area contributed by atoms with Gasteiger partial charge in [-0.25, -0.2) is 12.7 Å². The minimum Gasteiger partial charge on any atom is -0.369 e. The minimum atomic E-state index is -3.31. The molecule has 1 aromatic carbocycles. The summed E-state index contributed by atoms with van der Waals surface area (Å²) >= 11 is 0. The number of carbonyl (C=O) groups is 1. The lowest BCUT2D eigenvalue weighted by atomic mass is 10.2. The molecule has 1 heterocycles. The van der Waals surface area contributed by atoms with Gasteiger partial charge in [0.25, 0.3) is 0 Å². The van der Waals surface area contributed by atoms with Crippen LogP contribution in [0.5, 0.6) is 0 Å². The van der Waals surface area contributed by atoms with Crippen LogP contribution >= 0.6 is 0 Å². The summed E-state index contributed by atoms with van der Waals surface area (Å²) in [6.07, 6.45) is 1.32. The number of benzene rings is 1. The number of amides is 1. The lowest BCUT2D eigenvalue weighted by Crippen LogP contribution is -2.44. The molecule has 0 spiro atoms. The third-order valence-electron chi connectivity index (χ3n) is 4.65. The molecule has 0 atom stereocenters. The number of nitrogens with zero attached hydrogens (tertiary/aromatic N) is 3. The zero-order valence-electron chi connectivity index (χ0n) is 16.8. The maximum atomic E-state index is 12.2. The highest BCUT2D eigenvalue weighted by Gasteiger charge is 2.19. The van der Waals surface area contributed by atoms with Crippen LogP contribution in [0.3, 0.4) is 0 Å². The Morgan fingerprint density at radius 3 is 2.26 bits per heavy atom. The van der Waals surface area contributed by atoms with E-state index >= 15 is 0 Å². The van der Waals surface area contributed by atoms with E-state index in [0.29, 0.717) is 6.54 Å². The molecule has 0 aromatic heterocycles. The van der Waals surface area contributed by atoms with Crippen molar-refractivity contribution in [3.63, 3.8) is 0 Å². The molecule has 1 fully saturated rings. The van der Waals surface area contributed by atoms with Crippen molar-refractivity contribution in [3.8, 4) is 0 Å². The van der Waals surface area contributed by atoms with Crippen molar-refractivity contribution in [2.45, 2.75) is 20.3 Å². The molecule has 1 aliphatic rings. The van der Waals surface area contributed by atoms with Crippen LogP contribution in [0.4, 0.5) is 11.4 Å². The van der Waals surface area contributed by atoms with Gasteiger partial charge in [-0.1, -0.05) is 13.8 Å². The number of anilines is 2. The maximum absolute atomic E-state index is 12.2. The molecule has 27 heavy (non-hydrogen) atoms. The predicted octanol–water partition coefficient (Wildman–Crippen LogP) is 1.68. The second-order valence-corrected chi connectivity index (χ2v) is 9.63. The van der Waals surface area contributed by atoms with Crippen LogP contribution < -0.4 is 10.2 Å². The van der Waals surface area contributed by atoms with E-state index in [-0.39, 0.29) is 24.8 Å².